The standard InChI is InChI=1S/C16H35NO2/c1-6-14(4)10-15(5)17-11-16(18)12-19-9-7-8-13(2)3/h13-18H,6-12H2,1-5H3. The van der Waals surface area contributed by atoms with Crippen LogP contribution in [0.25, 0.3) is 0 Å². The number of ether oxygens (including phenoxy) is 1. The smallest absolute Gasteiger partial charge is 0.0897 e. The second kappa shape index (κ2) is 11.7. The van der Waals surface area contributed by atoms with Crippen molar-refractivity contribution in [2.24, 2.45) is 11.8 Å². The van der Waals surface area contributed by atoms with E-state index in [1.165, 1.54) is 19.3 Å². The third-order valence-electron chi connectivity index (χ3n) is 3.54. The van der Waals surface area contributed by atoms with Gasteiger partial charge in [-0.1, -0.05) is 34.1 Å². The van der Waals surface area contributed by atoms with Crippen molar-refractivity contribution in [3.63, 3.8) is 0 Å². The molecule has 19 heavy (non-hydrogen) atoms. The molecule has 2 N–H and O–H groups in total. The van der Waals surface area contributed by atoms with E-state index >= 15 is 0 Å². The van der Waals surface area contributed by atoms with Crippen LogP contribution in [0.4, 0.5) is 0 Å². The zero-order valence-corrected chi connectivity index (χ0v) is 13.6. The summed E-state index contributed by atoms with van der Waals surface area (Å²) in [6, 6.07) is 0.463. The summed E-state index contributed by atoms with van der Waals surface area (Å²) in [6.07, 6.45) is 4.27. The molecule has 3 nitrogen and oxygen atoms in total. The fraction of sp³-hybridized carbons (Fsp3) is 1.00. The monoisotopic (exact) mass is 273 g/mol. The predicted molar refractivity (Wildman–Crippen MR) is 82.4 cm³/mol. The molecule has 0 aliphatic heterocycles. The van der Waals surface area contributed by atoms with Crippen LogP contribution < -0.4 is 5.32 Å². The van der Waals surface area contributed by atoms with Gasteiger partial charge in [-0.25, -0.2) is 0 Å². The Kier molecular flexibility index (Phi) is 11.6. The van der Waals surface area contributed by atoms with Gasteiger partial charge >= 0.3 is 0 Å². The van der Waals surface area contributed by atoms with Gasteiger partial charge in [0.05, 0.1) is 12.7 Å². The number of aliphatic hydroxyl groups excluding tert-OH is 1. The van der Waals surface area contributed by atoms with E-state index in [0.717, 1.165) is 24.9 Å². The van der Waals surface area contributed by atoms with E-state index in [9.17, 15) is 5.11 Å². The number of hydrogen-bond donors (Lipinski definition) is 2. The molecule has 0 radical (unpaired) electrons. The first-order valence-electron chi connectivity index (χ1n) is 7.94. The van der Waals surface area contributed by atoms with E-state index in [1.54, 1.807) is 0 Å². The highest BCUT2D eigenvalue weighted by Crippen LogP contribution is 2.09. The Bertz CT molecular complexity index is 197. The third-order valence-corrected chi connectivity index (χ3v) is 3.54. The molecule has 0 aromatic rings. The average Bonchev–Trinajstić information content (AvgIpc) is 2.35. The van der Waals surface area contributed by atoms with Gasteiger partial charge in [0.2, 0.25) is 0 Å². The van der Waals surface area contributed by atoms with E-state index in [4.69, 9.17) is 4.74 Å². The average molecular weight is 273 g/mol. The highest BCUT2D eigenvalue weighted by atomic mass is 16.5. The van der Waals surface area contributed by atoms with E-state index in [1.807, 2.05) is 0 Å². The lowest BCUT2D eigenvalue weighted by Gasteiger charge is -2.19. The van der Waals surface area contributed by atoms with Crippen molar-refractivity contribution in [2.45, 2.75) is 72.4 Å². The number of hydrogen-bond acceptors (Lipinski definition) is 3. The summed E-state index contributed by atoms with van der Waals surface area (Å²) >= 11 is 0. The van der Waals surface area contributed by atoms with Crippen LogP contribution in [0.15, 0.2) is 0 Å². The van der Waals surface area contributed by atoms with Crippen LogP contribution in [0.3, 0.4) is 0 Å². The lowest BCUT2D eigenvalue weighted by Crippen LogP contribution is -2.36. The normalized spacial score (nSPS) is 16.6. The Morgan fingerprint density at radius 1 is 1.16 bits per heavy atom. The largest absolute Gasteiger partial charge is 0.389 e. The van der Waals surface area contributed by atoms with E-state index < -0.39 is 6.10 Å². The van der Waals surface area contributed by atoms with Gasteiger partial charge < -0.3 is 15.2 Å². The highest BCUT2D eigenvalue weighted by Gasteiger charge is 2.09. The fourth-order valence-electron chi connectivity index (χ4n) is 2.06. The number of nitrogens with one attached hydrogen (secondary N) is 1. The molecule has 0 heterocycles. The minimum absolute atomic E-state index is 0.390. The molecular weight excluding hydrogens is 238 g/mol. The molecule has 0 saturated heterocycles. The van der Waals surface area contributed by atoms with Crippen molar-refractivity contribution in [3.8, 4) is 0 Å². The Labute approximate surface area is 120 Å². The van der Waals surface area contributed by atoms with Crippen LogP contribution in [-0.4, -0.2) is 37.0 Å². The first-order chi connectivity index (χ1) is 8.95. The number of rotatable bonds is 12. The maximum Gasteiger partial charge on any atom is 0.0897 e. The Morgan fingerprint density at radius 2 is 1.84 bits per heavy atom. The second-order valence-electron chi connectivity index (χ2n) is 6.32. The summed E-state index contributed by atoms with van der Waals surface area (Å²) in [5.41, 5.74) is 0. The van der Waals surface area contributed by atoms with Gasteiger partial charge in [0, 0.05) is 19.2 Å². The molecule has 0 amide bonds. The van der Waals surface area contributed by atoms with Gasteiger partial charge in [0.25, 0.3) is 0 Å². The van der Waals surface area contributed by atoms with Gasteiger partial charge in [-0.05, 0) is 38.0 Å². The first kappa shape index (κ1) is 18.9. The SMILES string of the molecule is CCC(C)CC(C)NCC(O)COCCCC(C)C. The van der Waals surface area contributed by atoms with Crippen molar-refractivity contribution in [1.29, 1.82) is 0 Å². The lowest BCUT2D eigenvalue weighted by atomic mass is 10.0. The van der Waals surface area contributed by atoms with E-state index in [-0.39, 0.29) is 0 Å². The van der Waals surface area contributed by atoms with Crippen LogP contribution in [-0.2, 0) is 4.74 Å². The molecule has 0 rings (SSSR count). The Hall–Kier alpha value is -0.120. The predicted octanol–water partition coefficient (Wildman–Crippen LogP) is 3.21. The van der Waals surface area contributed by atoms with Gasteiger partial charge in [0.1, 0.15) is 0 Å². The quantitative estimate of drug-likeness (QED) is 0.537. The van der Waals surface area contributed by atoms with E-state index in [0.29, 0.717) is 19.2 Å². The molecule has 3 atom stereocenters. The van der Waals surface area contributed by atoms with Gasteiger partial charge in [0.15, 0.2) is 0 Å². The fourth-order valence-corrected chi connectivity index (χ4v) is 2.06. The van der Waals surface area contributed by atoms with Crippen molar-refractivity contribution in [3.05, 3.63) is 0 Å². The summed E-state index contributed by atoms with van der Waals surface area (Å²) < 4.78 is 5.49. The van der Waals surface area contributed by atoms with E-state index in [2.05, 4.69) is 39.9 Å². The second-order valence-corrected chi connectivity index (χ2v) is 6.32. The first-order valence-corrected chi connectivity index (χ1v) is 7.94. The maximum atomic E-state index is 9.81. The molecule has 0 spiro atoms. The topological polar surface area (TPSA) is 41.5 Å². The molecular formula is C16H35NO2. The molecule has 3 heteroatoms. The molecule has 0 saturated carbocycles. The molecule has 0 fully saturated rings. The minimum Gasteiger partial charge on any atom is -0.389 e. The van der Waals surface area contributed by atoms with Crippen LogP contribution >= 0.6 is 0 Å². The van der Waals surface area contributed by atoms with Crippen molar-refractivity contribution < 1.29 is 9.84 Å². The maximum absolute atomic E-state index is 9.81. The van der Waals surface area contributed by atoms with Crippen LogP contribution in [0, 0.1) is 11.8 Å². The summed E-state index contributed by atoms with van der Waals surface area (Å²) in [5, 5.41) is 13.2. The number of aliphatic hydroxyl groups is 1. The lowest BCUT2D eigenvalue weighted by molar-refractivity contribution is 0.0334. The molecule has 0 aliphatic carbocycles. The Balaban J connectivity index is 3.45. The summed E-state index contributed by atoms with van der Waals surface area (Å²) in [4.78, 5) is 0. The van der Waals surface area contributed by atoms with Gasteiger partial charge in [-0.3, -0.25) is 0 Å². The molecule has 0 aromatic heterocycles. The minimum atomic E-state index is -0.390. The molecule has 0 aliphatic rings. The molecule has 116 valence electrons. The van der Waals surface area contributed by atoms with Crippen LogP contribution in [0.1, 0.15) is 60.3 Å². The third kappa shape index (κ3) is 12.6. The summed E-state index contributed by atoms with van der Waals surface area (Å²) in [7, 11) is 0. The van der Waals surface area contributed by atoms with Crippen LogP contribution in [0.2, 0.25) is 0 Å². The van der Waals surface area contributed by atoms with Crippen molar-refractivity contribution >= 4 is 0 Å². The summed E-state index contributed by atoms with van der Waals surface area (Å²) in [5.74, 6) is 1.48. The van der Waals surface area contributed by atoms with Crippen molar-refractivity contribution in [1.82, 2.24) is 5.32 Å². The van der Waals surface area contributed by atoms with Gasteiger partial charge in [-0.15, -0.1) is 0 Å². The van der Waals surface area contributed by atoms with Crippen molar-refractivity contribution in [2.75, 3.05) is 19.8 Å². The zero-order valence-electron chi connectivity index (χ0n) is 13.6. The molecule has 0 bridgehead atoms. The summed E-state index contributed by atoms with van der Waals surface area (Å²) in [6.45, 7) is 12.9. The molecule has 3 unspecified atom stereocenters. The molecule has 0 aromatic carbocycles. The Morgan fingerprint density at radius 3 is 2.42 bits per heavy atom. The zero-order chi connectivity index (χ0) is 14.7. The highest BCUT2D eigenvalue weighted by molar-refractivity contribution is 4.67. The van der Waals surface area contributed by atoms with Gasteiger partial charge in [-0.2, -0.15) is 0 Å². The van der Waals surface area contributed by atoms with Crippen LogP contribution in [0.5, 0.6) is 0 Å².